The first-order valence-corrected chi connectivity index (χ1v) is 8.94. The number of carbonyl (C=O) groups excluding carboxylic acids is 1. The number of nitrogens with zero attached hydrogens (tertiary/aromatic N) is 1. The van der Waals surface area contributed by atoms with Crippen molar-refractivity contribution in [3.8, 4) is 11.5 Å². The van der Waals surface area contributed by atoms with Gasteiger partial charge in [0.1, 0.15) is 11.5 Å². The fourth-order valence-corrected chi connectivity index (χ4v) is 2.37. The Morgan fingerprint density at radius 1 is 1.08 bits per heavy atom. The van der Waals surface area contributed by atoms with E-state index in [4.69, 9.17) is 9.47 Å². The van der Waals surface area contributed by atoms with Gasteiger partial charge in [-0.15, -0.1) is 0 Å². The molecule has 0 radical (unpaired) electrons. The number of ether oxygens (including phenoxy) is 3. The number of rotatable bonds is 11. The van der Waals surface area contributed by atoms with Gasteiger partial charge in [0.2, 0.25) is 0 Å². The molecular weight excluding hydrogens is 334 g/mol. The van der Waals surface area contributed by atoms with Gasteiger partial charge in [-0.25, -0.2) is 4.99 Å². The summed E-state index contributed by atoms with van der Waals surface area (Å²) in [5.74, 6) is 2.12. The zero-order valence-electron chi connectivity index (χ0n) is 16.3. The van der Waals surface area contributed by atoms with E-state index in [9.17, 15) is 4.79 Å². The summed E-state index contributed by atoms with van der Waals surface area (Å²) in [6.07, 6.45) is 3.24. The zero-order valence-corrected chi connectivity index (χ0v) is 16.3. The van der Waals surface area contributed by atoms with Gasteiger partial charge in [-0.3, -0.25) is 4.79 Å². The Hall–Kier alpha value is -2.44. The van der Waals surface area contributed by atoms with Crippen LogP contribution in [-0.2, 0) is 16.1 Å². The van der Waals surface area contributed by atoms with E-state index in [1.54, 1.807) is 14.2 Å². The number of nitrogens with one attached hydrogen (secondary N) is 2. The smallest absolute Gasteiger partial charge is 0.305 e. The van der Waals surface area contributed by atoms with Crippen LogP contribution in [0.1, 0.15) is 38.2 Å². The number of methoxy groups -OCH3 is 3. The molecule has 0 atom stereocenters. The van der Waals surface area contributed by atoms with Crippen LogP contribution in [0.2, 0.25) is 0 Å². The molecule has 0 unspecified atom stereocenters. The van der Waals surface area contributed by atoms with Crippen LogP contribution < -0.4 is 20.1 Å². The Balaban J connectivity index is 2.49. The average molecular weight is 365 g/mol. The molecule has 0 aliphatic heterocycles. The number of esters is 1. The molecule has 1 rings (SSSR count). The maximum Gasteiger partial charge on any atom is 0.305 e. The van der Waals surface area contributed by atoms with Crippen molar-refractivity contribution in [2.45, 2.75) is 39.2 Å². The van der Waals surface area contributed by atoms with Crippen LogP contribution in [0.3, 0.4) is 0 Å². The zero-order chi connectivity index (χ0) is 19.2. The summed E-state index contributed by atoms with van der Waals surface area (Å²) in [5, 5.41) is 6.54. The fraction of sp³-hybridized carbons (Fsp3) is 0.579. The second kappa shape index (κ2) is 12.9. The third-order valence-corrected chi connectivity index (χ3v) is 3.82. The molecule has 146 valence electrons. The van der Waals surface area contributed by atoms with Crippen molar-refractivity contribution in [3.05, 3.63) is 23.8 Å². The molecular formula is C19H31N3O4. The van der Waals surface area contributed by atoms with Crippen LogP contribution in [0, 0.1) is 0 Å². The maximum atomic E-state index is 11.1. The topological polar surface area (TPSA) is 81.2 Å². The minimum Gasteiger partial charge on any atom is -0.497 e. The highest BCUT2D eigenvalue weighted by Crippen LogP contribution is 2.25. The van der Waals surface area contributed by atoms with Crippen molar-refractivity contribution >= 4 is 11.9 Å². The van der Waals surface area contributed by atoms with Gasteiger partial charge < -0.3 is 24.8 Å². The van der Waals surface area contributed by atoms with Crippen LogP contribution in [0.25, 0.3) is 0 Å². The van der Waals surface area contributed by atoms with Crippen molar-refractivity contribution in [2.24, 2.45) is 4.99 Å². The number of hydrogen-bond acceptors (Lipinski definition) is 5. The Morgan fingerprint density at radius 2 is 1.88 bits per heavy atom. The van der Waals surface area contributed by atoms with Crippen LogP contribution in [0.5, 0.6) is 11.5 Å². The Labute approximate surface area is 156 Å². The molecule has 1 aromatic carbocycles. The standard InChI is InChI=1S/C19H31N3O4/c1-5-20-19(21-12-8-6-7-9-18(23)26-4)22-14-15-10-11-16(24-2)13-17(15)25-3/h10-11,13H,5-9,12,14H2,1-4H3,(H2,20,21,22). The van der Waals surface area contributed by atoms with Crippen molar-refractivity contribution in [2.75, 3.05) is 34.4 Å². The van der Waals surface area contributed by atoms with E-state index in [0.717, 1.165) is 55.4 Å². The third kappa shape index (κ3) is 8.09. The quantitative estimate of drug-likeness (QED) is 0.271. The molecule has 0 spiro atoms. The molecule has 7 nitrogen and oxygen atoms in total. The lowest BCUT2D eigenvalue weighted by atomic mass is 10.2. The number of unbranched alkanes of at least 4 members (excludes halogenated alkanes) is 2. The molecule has 0 aliphatic carbocycles. The summed E-state index contributed by atoms with van der Waals surface area (Å²) < 4.78 is 15.3. The lowest BCUT2D eigenvalue weighted by Crippen LogP contribution is -2.37. The Kier molecular flexibility index (Phi) is 10.7. The lowest BCUT2D eigenvalue weighted by molar-refractivity contribution is -0.140. The summed E-state index contributed by atoms with van der Waals surface area (Å²) in [5.41, 5.74) is 0.989. The van der Waals surface area contributed by atoms with Crippen molar-refractivity contribution in [1.29, 1.82) is 0 Å². The second-order valence-electron chi connectivity index (χ2n) is 5.69. The van der Waals surface area contributed by atoms with Gasteiger partial charge in [0, 0.05) is 31.1 Å². The number of hydrogen-bond donors (Lipinski definition) is 2. The molecule has 0 saturated carbocycles. The van der Waals surface area contributed by atoms with Crippen LogP contribution in [-0.4, -0.2) is 46.3 Å². The molecule has 0 aromatic heterocycles. The Bertz CT molecular complexity index is 576. The summed E-state index contributed by atoms with van der Waals surface area (Å²) in [6, 6.07) is 5.71. The lowest BCUT2D eigenvalue weighted by Gasteiger charge is -2.12. The number of guanidine groups is 1. The highest BCUT2D eigenvalue weighted by molar-refractivity contribution is 5.79. The highest BCUT2D eigenvalue weighted by atomic mass is 16.5. The van der Waals surface area contributed by atoms with Gasteiger partial charge in [-0.1, -0.05) is 6.42 Å². The van der Waals surface area contributed by atoms with E-state index in [0.29, 0.717) is 13.0 Å². The number of aliphatic imine (C=N–C) groups is 1. The van der Waals surface area contributed by atoms with Crippen LogP contribution in [0.15, 0.2) is 23.2 Å². The molecule has 0 heterocycles. The van der Waals surface area contributed by atoms with E-state index >= 15 is 0 Å². The highest BCUT2D eigenvalue weighted by Gasteiger charge is 2.05. The van der Waals surface area contributed by atoms with E-state index in [-0.39, 0.29) is 5.97 Å². The first-order chi connectivity index (χ1) is 12.6. The molecule has 7 heteroatoms. The SMILES string of the molecule is CCNC(=NCc1ccc(OC)cc1OC)NCCCCCC(=O)OC. The van der Waals surface area contributed by atoms with Gasteiger partial charge in [0.15, 0.2) is 5.96 Å². The van der Waals surface area contributed by atoms with Crippen molar-refractivity contribution < 1.29 is 19.0 Å². The van der Waals surface area contributed by atoms with Crippen molar-refractivity contribution in [3.63, 3.8) is 0 Å². The summed E-state index contributed by atoms with van der Waals surface area (Å²) in [7, 11) is 4.69. The monoisotopic (exact) mass is 365 g/mol. The van der Waals surface area contributed by atoms with Gasteiger partial charge >= 0.3 is 5.97 Å². The predicted octanol–water partition coefficient (Wildman–Crippen LogP) is 2.49. The number of carbonyl (C=O) groups is 1. The second-order valence-corrected chi connectivity index (χ2v) is 5.69. The van der Waals surface area contributed by atoms with Crippen LogP contribution >= 0.6 is 0 Å². The summed E-state index contributed by atoms with van der Waals surface area (Å²) >= 11 is 0. The largest absolute Gasteiger partial charge is 0.497 e. The molecule has 1 aromatic rings. The number of benzene rings is 1. The van der Waals surface area contributed by atoms with Gasteiger partial charge in [-0.2, -0.15) is 0 Å². The molecule has 0 bridgehead atoms. The van der Waals surface area contributed by atoms with Gasteiger partial charge in [0.25, 0.3) is 0 Å². The Morgan fingerprint density at radius 3 is 2.54 bits per heavy atom. The van der Waals surface area contributed by atoms with Crippen molar-refractivity contribution in [1.82, 2.24) is 10.6 Å². The predicted molar refractivity (Wildman–Crippen MR) is 103 cm³/mol. The fourth-order valence-electron chi connectivity index (χ4n) is 2.37. The summed E-state index contributed by atoms with van der Waals surface area (Å²) in [4.78, 5) is 15.7. The first-order valence-electron chi connectivity index (χ1n) is 8.94. The molecule has 0 fully saturated rings. The van der Waals surface area contributed by atoms with E-state index in [1.165, 1.54) is 7.11 Å². The molecule has 0 amide bonds. The third-order valence-electron chi connectivity index (χ3n) is 3.82. The van der Waals surface area contributed by atoms with Crippen LogP contribution in [0.4, 0.5) is 0 Å². The average Bonchev–Trinajstić information content (AvgIpc) is 2.68. The van der Waals surface area contributed by atoms with E-state index in [2.05, 4.69) is 20.4 Å². The summed E-state index contributed by atoms with van der Waals surface area (Å²) in [6.45, 7) is 4.12. The minimum atomic E-state index is -0.152. The first kappa shape index (κ1) is 21.6. The maximum absolute atomic E-state index is 11.1. The van der Waals surface area contributed by atoms with Gasteiger partial charge in [-0.05, 0) is 31.9 Å². The molecule has 0 aliphatic rings. The molecule has 2 N–H and O–H groups in total. The molecule has 26 heavy (non-hydrogen) atoms. The minimum absolute atomic E-state index is 0.152. The normalized spacial score (nSPS) is 11.0. The van der Waals surface area contributed by atoms with Gasteiger partial charge in [0.05, 0.1) is 27.9 Å². The van der Waals surface area contributed by atoms with E-state index in [1.807, 2.05) is 25.1 Å². The van der Waals surface area contributed by atoms with E-state index < -0.39 is 0 Å². The molecule has 0 saturated heterocycles.